The summed E-state index contributed by atoms with van der Waals surface area (Å²) >= 11 is 0. The topological polar surface area (TPSA) is 114 Å². The van der Waals surface area contributed by atoms with Gasteiger partial charge in [-0.05, 0) is 62.1 Å². The van der Waals surface area contributed by atoms with Crippen molar-refractivity contribution in [2.24, 2.45) is 11.8 Å². The first-order valence-corrected chi connectivity index (χ1v) is 16.3. The van der Waals surface area contributed by atoms with Crippen LogP contribution in [0.5, 0.6) is 0 Å². The minimum atomic E-state index is -1.21. The Morgan fingerprint density at radius 1 is 0.930 bits per heavy atom. The van der Waals surface area contributed by atoms with Crippen LogP contribution in [-0.4, -0.2) is 61.5 Å². The standard InChI is InChI=1S/C33H48N3O6P/c1-26(2)22-33(31(38)35-29-17-9-6-10-18-29,20-11-12-21-34-32(39)42-24-27(3)23-41-4)36(25-43-40)30(37)19-13-16-28-14-7-5-8-15-28/h5-10,14-15,17-18,26-27H,11-13,16,19-25H2,1-4H3,(H,34,39)(H,35,38)/p+1/t27-,33+/m1/s1. The van der Waals surface area contributed by atoms with Gasteiger partial charge in [0.25, 0.3) is 5.91 Å². The van der Waals surface area contributed by atoms with Crippen molar-refractivity contribution in [3.8, 4) is 0 Å². The van der Waals surface area contributed by atoms with Crippen molar-refractivity contribution in [2.75, 3.05) is 38.5 Å². The van der Waals surface area contributed by atoms with Gasteiger partial charge in [0.05, 0.1) is 13.2 Å². The summed E-state index contributed by atoms with van der Waals surface area (Å²) in [5.41, 5.74) is 0.567. The second-order valence-electron chi connectivity index (χ2n) is 11.5. The third-order valence-corrected chi connectivity index (χ3v) is 7.62. The molecule has 0 saturated carbocycles. The molecular formula is C33H49N3O6P+. The minimum absolute atomic E-state index is 0.0245. The Balaban J connectivity index is 2.20. The summed E-state index contributed by atoms with van der Waals surface area (Å²) < 4.78 is 22.4. The van der Waals surface area contributed by atoms with Gasteiger partial charge >= 0.3 is 14.6 Å². The van der Waals surface area contributed by atoms with Gasteiger partial charge in [0.15, 0.2) is 0 Å². The summed E-state index contributed by atoms with van der Waals surface area (Å²) in [5.74, 6) is -0.302. The van der Waals surface area contributed by atoms with Crippen LogP contribution in [0.15, 0.2) is 60.7 Å². The van der Waals surface area contributed by atoms with E-state index in [4.69, 9.17) is 9.47 Å². The normalized spacial score (nSPS) is 13.2. The number of carbonyl (C=O) groups excluding carboxylic acids is 3. The fourth-order valence-corrected chi connectivity index (χ4v) is 5.83. The Bertz CT molecular complexity index is 1120. The molecule has 0 aliphatic rings. The number of hydrogen-bond donors (Lipinski definition) is 2. The summed E-state index contributed by atoms with van der Waals surface area (Å²) in [5, 5.41) is 5.79. The average Bonchev–Trinajstić information content (AvgIpc) is 2.99. The first-order chi connectivity index (χ1) is 20.7. The molecule has 236 valence electrons. The van der Waals surface area contributed by atoms with Gasteiger partial charge in [-0.25, -0.2) is 4.79 Å². The highest BCUT2D eigenvalue weighted by atomic mass is 31.1. The van der Waals surface area contributed by atoms with Crippen LogP contribution in [0.25, 0.3) is 0 Å². The first kappa shape index (κ1) is 35.9. The van der Waals surface area contributed by atoms with Crippen molar-refractivity contribution >= 4 is 32.1 Å². The lowest BCUT2D eigenvalue weighted by Crippen LogP contribution is -2.59. The van der Waals surface area contributed by atoms with Gasteiger partial charge < -0.3 is 20.1 Å². The van der Waals surface area contributed by atoms with Crippen molar-refractivity contribution in [1.29, 1.82) is 0 Å². The van der Waals surface area contributed by atoms with Crippen molar-refractivity contribution in [1.82, 2.24) is 10.2 Å². The van der Waals surface area contributed by atoms with Gasteiger partial charge in [-0.3, -0.25) is 14.5 Å². The number of carbonyl (C=O) groups is 3. The van der Waals surface area contributed by atoms with E-state index in [0.717, 1.165) is 12.0 Å². The van der Waals surface area contributed by atoms with Crippen molar-refractivity contribution in [3.05, 3.63) is 66.2 Å². The molecule has 3 amide bonds. The number of nitrogens with one attached hydrogen (secondary N) is 2. The molecule has 43 heavy (non-hydrogen) atoms. The molecule has 0 aliphatic heterocycles. The number of nitrogens with zero attached hydrogens (tertiary/aromatic N) is 1. The number of hydrogen-bond acceptors (Lipinski definition) is 6. The Kier molecular flexibility index (Phi) is 16.5. The molecule has 0 radical (unpaired) electrons. The maximum absolute atomic E-state index is 14.2. The first-order valence-electron chi connectivity index (χ1n) is 15.2. The number of unbranched alkanes of at least 4 members (excludes halogenated alkanes) is 1. The molecule has 0 fully saturated rings. The van der Waals surface area contributed by atoms with Gasteiger partial charge in [-0.1, -0.05) is 73.9 Å². The highest BCUT2D eigenvalue weighted by Crippen LogP contribution is 2.34. The SMILES string of the molecule is COC[C@@H](C)COC(=O)NCCCC[C@](CC(C)C)(C(=O)Nc1ccccc1)N(C[PH+]=O)C(=O)CCCc1ccccc1. The van der Waals surface area contributed by atoms with E-state index in [1.54, 1.807) is 12.0 Å². The summed E-state index contributed by atoms with van der Waals surface area (Å²) in [7, 11) is 0.836. The van der Waals surface area contributed by atoms with Crippen LogP contribution in [0.2, 0.25) is 0 Å². The van der Waals surface area contributed by atoms with Crippen molar-refractivity contribution in [2.45, 2.75) is 71.3 Å². The smallest absolute Gasteiger partial charge is 0.407 e. The van der Waals surface area contributed by atoms with Crippen LogP contribution in [0.4, 0.5) is 10.5 Å². The van der Waals surface area contributed by atoms with Gasteiger partial charge in [-0.2, -0.15) is 0 Å². The van der Waals surface area contributed by atoms with E-state index in [1.165, 1.54) is 0 Å². The molecular weight excluding hydrogens is 565 g/mol. The molecule has 0 heterocycles. The molecule has 1 unspecified atom stereocenters. The number of anilines is 1. The largest absolute Gasteiger partial charge is 0.449 e. The number of alkyl carbamates (subject to hydrolysis) is 1. The highest BCUT2D eigenvalue weighted by molar-refractivity contribution is 7.23. The lowest BCUT2D eigenvalue weighted by Gasteiger charge is -2.42. The number of rotatable bonds is 20. The summed E-state index contributed by atoms with van der Waals surface area (Å²) in [6.45, 7) is 7.09. The minimum Gasteiger partial charge on any atom is -0.449 e. The molecule has 2 aromatic rings. The Morgan fingerprint density at radius 2 is 1.60 bits per heavy atom. The van der Waals surface area contributed by atoms with E-state index in [9.17, 15) is 18.9 Å². The van der Waals surface area contributed by atoms with Crippen LogP contribution in [0.3, 0.4) is 0 Å². The molecule has 9 nitrogen and oxygen atoms in total. The predicted octanol–water partition coefficient (Wildman–Crippen LogP) is 6.42. The number of amides is 3. The number of para-hydroxylation sites is 1. The van der Waals surface area contributed by atoms with Crippen LogP contribution >= 0.6 is 8.46 Å². The van der Waals surface area contributed by atoms with Crippen LogP contribution in [0.1, 0.15) is 64.9 Å². The van der Waals surface area contributed by atoms with E-state index in [1.807, 2.05) is 81.4 Å². The van der Waals surface area contributed by atoms with Gasteiger partial charge in [-0.15, -0.1) is 0 Å². The fraction of sp³-hybridized carbons (Fsp3) is 0.545. The third-order valence-electron chi connectivity index (χ3n) is 7.18. The lowest BCUT2D eigenvalue weighted by atomic mass is 9.81. The van der Waals surface area contributed by atoms with Crippen molar-refractivity contribution < 1.29 is 28.4 Å². The Hall–Kier alpha value is -3.29. The monoisotopic (exact) mass is 614 g/mol. The molecule has 0 aliphatic carbocycles. The number of benzene rings is 2. The van der Waals surface area contributed by atoms with Gasteiger partial charge in [0.1, 0.15) is 5.54 Å². The molecule has 3 atom stereocenters. The molecule has 2 aromatic carbocycles. The maximum atomic E-state index is 14.2. The number of ether oxygens (including phenoxy) is 2. The molecule has 0 bridgehead atoms. The Morgan fingerprint density at radius 3 is 2.23 bits per heavy atom. The van der Waals surface area contributed by atoms with Crippen molar-refractivity contribution in [3.63, 3.8) is 0 Å². The van der Waals surface area contributed by atoms with Gasteiger partial charge in [0, 0.05) is 31.7 Å². The fourth-order valence-electron chi connectivity index (χ4n) is 5.22. The number of methoxy groups -OCH3 is 1. The zero-order valence-corrected chi connectivity index (χ0v) is 27.1. The second kappa shape index (κ2) is 19.8. The zero-order valence-electron chi connectivity index (χ0n) is 26.1. The summed E-state index contributed by atoms with van der Waals surface area (Å²) in [6.07, 6.45) is 2.99. The number of aryl methyl sites for hydroxylation is 1. The third kappa shape index (κ3) is 12.9. The van der Waals surface area contributed by atoms with E-state index < -0.39 is 20.1 Å². The Labute approximate surface area is 258 Å². The summed E-state index contributed by atoms with van der Waals surface area (Å²) in [4.78, 5) is 41.6. The van der Waals surface area contributed by atoms with E-state index >= 15 is 0 Å². The predicted molar refractivity (Wildman–Crippen MR) is 172 cm³/mol. The van der Waals surface area contributed by atoms with E-state index in [-0.39, 0.29) is 43.0 Å². The van der Waals surface area contributed by atoms with E-state index in [2.05, 4.69) is 10.6 Å². The molecule has 2 rings (SSSR count). The lowest BCUT2D eigenvalue weighted by molar-refractivity contribution is -0.146. The molecule has 10 heteroatoms. The van der Waals surface area contributed by atoms with Crippen LogP contribution in [-0.2, 0) is 30.0 Å². The molecule has 0 aromatic heterocycles. The summed E-state index contributed by atoms with van der Waals surface area (Å²) in [6, 6.07) is 19.1. The highest BCUT2D eigenvalue weighted by Gasteiger charge is 2.47. The molecule has 0 saturated heterocycles. The van der Waals surface area contributed by atoms with E-state index in [0.29, 0.717) is 50.9 Å². The quantitative estimate of drug-likeness (QED) is 0.131. The van der Waals surface area contributed by atoms with Gasteiger partial charge in [0.2, 0.25) is 12.2 Å². The average molecular weight is 615 g/mol. The maximum Gasteiger partial charge on any atom is 0.407 e. The second-order valence-corrected chi connectivity index (χ2v) is 12.1. The molecule has 2 N–H and O–H groups in total. The zero-order chi connectivity index (χ0) is 31.5. The molecule has 0 spiro atoms. The van der Waals surface area contributed by atoms with Crippen LogP contribution < -0.4 is 10.6 Å². The van der Waals surface area contributed by atoms with Crippen LogP contribution in [0, 0.1) is 11.8 Å².